The van der Waals surface area contributed by atoms with E-state index < -0.39 is 50.6 Å². The van der Waals surface area contributed by atoms with Gasteiger partial charge in [0.25, 0.3) is 0 Å². The number of ether oxygens (including phenoxy) is 2. The normalized spacial score (nSPS) is 19.8. The number of unbranched alkanes of at least 4 members (excludes halogenated alkanes) is 6. The van der Waals surface area contributed by atoms with Gasteiger partial charge in [-0.15, -0.1) is 0 Å². The Morgan fingerprint density at radius 1 is 0.810 bits per heavy atom. The summed E-state index contributed by atoms with van der Waals surface area (Å²) in [5, 5.41) is 20.7. The number of phosphoric acid groups is 1. The standard InChI is InChI=1S/C45H74NO11P/c1-3-5-7-8-9-10-11-12-13-14-15-16-17-18-19-20-26-30-45(51)57-39(37-56-58(52,53)55-34-33-46)36-54-44(50)29-25-22-21-24-28-40-41(43(49)35-42(40)48)32-31-38(47)27-23-6-4-2/h5,7,9-10,12-13,15-16,18-19,31-32,38-42,47-48H,3-4,6,8,11,14,17,20-30,33-37,46H2,1-2H3,(H,52,53)/b7-5-,10-9-,13-12-,16-15-,19-18-,32-31+/t38-,39+,40+,41+,42-/m0/s1. The smallest absolute Gasteiger partial charge is 0.462 e. The molecule has 0 saturated heterocycles. The van der Waals surface area contributed by atoms with Crippen molar-refractivity contribution >= 4 is 25.5 Å². The van der Waals surface area contributed by atoms with Gasteiger partial charge in [-0.25, -0.2) is 4.57 Å². The molecule has 5 N–H and O–H groups in total. The molecule has 13 heteroatoms. The third-order valence-corrected chi connectivity index (χ3v) is 10.5. The van der Waals surface area contributed by atoms with Crippen LogP contribution in [0.2, 0.25) is 0 Å². The van der Waals surface area contributed by atoms with Crippen LogP contribution in [-0.4, -0.2) is 77.5 Å². The number of allylic oxidation sites excluding steroid dienone is 11. The number of hydrogen-bond donors (Lipinski definition) is 4. The van der Waals surface area contributed by atoms with Crippen molar-refractivity contribution in [2.75, 3.05) is 26.4 Å². The van der Waals surface area contributed by atoms with E-state index in [0.717, 1.165) is 70.6 Å². The first-order valence-electron chi connectivity index (χ1n) is 21.5. The molecule has 12 nitrogen and oxygen atoms in total. The average molecular weight is 836 g/mol. The highest BCUT2D eigenvalue weighted by molar-refractivity contribution is 7.47. The largest absolute Gasteiger partial charge is 0.472 e. The number of carbonyl (C=O) groups excluding carboxylic acids is 3. The Balaban J connectivity index is 2.43. The highest BCUT2D eigenvalue weighted by Crippen LogP contribution is 2.43. The minimum Gasteiger partial charge on any atom is -0.462 e. The Labute approximate surface area is 348 Å². The molecular formula is C45H74NO11P. The zero-order valence-electron chi connectivity index (χ0n) is 35.2. The lowest BCUT2D eigenvalue weighted by Gasteiger charge is -2.20. The third-order valence-electron chi connectivity index (χ3n) is 9.48. The lowest BCUT2D eigenvalue weighted by atomic mass is 9.88. The number of ketones is 1. The van der Waals surface area contributed by atoms with Crippen LogP contribution in [0.1, 0.15) is 136 Å². The summed E-state index contributed by atoms with van der Waals surface area (Å²) in [6, 6.07) is 0. The van der Waals surface area contributed by atoms with E-state index in [9.17, 15) is 34.1 Å². The number of hydrogen-bond acceptors (Lipinski definition) is 11. The van der Waals surface area contributed by atoms with E-state index in [0.29, 0.717) is 32.1 Å². The molecule has 0 aliphatic heterocycles. The van der Waals surface area contributed by atoms with Crippen LogP contribution in [0, 0.1) is 11.8 Å². The molecule has 0 radical (unpaired) electrons. The minimum absolute atomic E-state index is 0.00198. The van der Waals surface area contributed by atoms with Gasteiger partial charge < -0.3 is 30.3 Å². The number of phosphoric ester groups is 1. The SMILES string of the molecule is CC/C=C\C/C=C\C/C=C\C/C=C\C/C=C\CCCC(=O)O[C@H](COC(=O)CCCCCC[C@H]1[C@@H](O)CC(=O)[C@@H]1/C=C/[C@@H](O)CCCCC)COP(=O)(O)OCCN. The summed E-state index contributed by atoms with van der Waals surface area (Å²) in [4.78, 5) is 47.5. The van der Waals surface area contributed by atoms with E-state index in [1.807, 2.05) is 12.2 Å². The number of Topliss-reactive ketones (excluding diaryl/α,β-unsaturated/α-hetero) is 1. The fourth-order valence-corrected chi connectivity index (χ4v) is 7.04. The second kappa shape index (κ2) is 34.9. The summed E-state index contributed by atoms with van der Waals surface area (Å²) in [6.07, 6.45) is 35.6. The van der Waals surface area contributed by atoms with Crippen LogP contribution >= 0.6 is 7.82 Å². The Kier molecular flexibility index (Phi) is 31.9. The lowest BCUT2D eigenvalue weighted by Crippen LogP contribution is -2.29. The molecular weight excluding hydrogens is 761 g/mol. The van der Waals surface area contributed by atoms with Crippen LogP contribution in [0.3, 0.4) is 0 Å². The maximum Gasteiger partial charge on any atom is 0.472 e. The van der Waals surface area contributed by atoms with Gasteiger partial charge in [0.15, 0.2) is 6.10 Å². The van der Waals surface area contributed by atoms with Gasteiger partial charge >= 0.3 is 19.8 Å². The molecule has 0 heterocycles. The van der Waals surface area contributed by atoms with Gasteiger partial charge in [-0.3, -0.25) is 23.4 Å². The molecule has 58 heavy (non-hydrogen) atoms. The Morgan fingerprint density at radius 2 is 1.43 bits per heavy atom. The van der Waals surface area contributed by atoms with Crippen molar-refractivity contribution in [1.82, 2.24) is 0 Å². The molecule has 0 aromatic carbocycles. The topological polar surface area (TPSA) is 192 Å². The van der Waals surface area contributed by atoms with Gasteiger partial charge in [-0.1, -0.05) is 125 Å². The van der Waals surface area contributed by atoms with E-state index >= 15 is 0 Å². The van der Waals surface area contributed by atoms with Crippen LogP contribution in [0.25, 0.3) is 0 Å². The molecule has 1 saturated carbocycles. The molecule has 0 aromatic rings. The third kappa shape index (κ3) is 28.5. The molecule has 1 unspecified atom stereocenters. The number of esters is 2. The summed E-state index contributed by atoms with van der Waals surface area (Å²) in [5.74, 6) is -1.65. The highest BCUT2D eigenvalue weighted by atomic mass is 31.2. The van der Waals surface area contributed by atoms with Crippen molar-refractivity contribution in [3.05, 3.63) is 72.9 Å². The van der Waals surface area contributed by atoms with Crippen LogP contribution in [-0.2, 0) is 37.5 Å². The van der Waals surface area contributed by atoms with E-state index in [1.54, 1.807) is 12.2 Å². The quantitative estimate of drug-likeness (QED) is 0.0206. The summed E-state index contributed by atoms with van der Waals surface area (Å²) < 4.78 is 32.7. The van der Waals surface area contributed by atoms with E-state index in [-0.39, 0.29) is 50.7 Å². The molecule has 1 aliphatic carbocycles. The van der Waals surface area contributed by atoms with Crippen molar-refractivity contribution in [2.24, 2.45) is 17.6 Å². The maximum absolute atomic E-state index is 12.6. The second-order valence-electron chi connectivity index (χ2n) is 14.6. The predicted molar refractivity (Wildman–Crippen MR) is 230 cm³/mol. The van der Waals surface area contributed by atoms with Crippen molar-refractivity contribution < 1.29 is 52.6 Å². The van der Waals surface area contributed by atoms with Crippen molar-refractivity contribution in [3.8, 4) is 0 Å². The fraction of sp³-hybridized carbons (Fsp3) is 0.667. The van der Waals surface area contributed by atoms with Gasteiger partial charge in [0, 0.05) is 31.7 Å². The first kappa shape index (κ1) is 53.1. The number of aliphatic hydroxyl groups excluding tert-OH is 2. The summed E-state index contributed by atoms with van der Waals surface area (Å²) in [6.45, 7) is 3.15. The Morgan fingerprint density at radius 3 is 2.07 bits per heavy atom. The number of aliphatic hydroxyl groups is 2. The molecule has 1 rings (SSSR count). The highest BCUT2D eigenvalue weighted by Gasteiger charge is 2.39. The fourth-order valence-electron chi connectivity index (χ4n) is 6.28. The predicted octanol–water partition coefficient (Wildman–Crippen LogP) is 8.86. The number of rotatable bonds is 35. The Bertz CT molecular complexity index is 1340. The van der Waals surface area contributed by atoms with Gasteiger partial charge in [-0.2, -0.15) is 0 Å². The van der Waals surface area contributed by atoms with Crippen LogP contribution in [0.5, 0.6) is 0 Å². The van der Waals surface area contributed by atoms with E-state index in [2.05, 4.69) is 62.5 Å². The number of carbonyl (C=O) groups is 3. The second-order valence-corrected chi connectivity index (χ2v) is 16.1. The zero-order chi connectivity index (χ0) is 42.7. The molecule has 0 bridgehead atoms. The summed E-state index contributed by atoms with van der Waals surface area (Å²) >= 11 is 0. The van der Waals surface area contributed by atoms with E-state index in [1.165, 1.54) is 0 Å². The first-order valence-corrected chi connectivity index (χ1v) is 23.0. The van der Waals surface area contributed by atoms with Crippen LogP contribution < -0.4 is 5.73 Å². The molecule has 0 amide bonds. The number of nitrogens with two attached hydrogens (primary N) is 1. The van der Waals surface area contributed by atoms with Crippen molar-refractivity contribution in [2.45, 2.75) is 154 Å². The zero-order valence-corrected chi connectivity index (χ0v) is 36.1. The first-order chi connectivity index (χ1) is 28.0. The Hall–Kier alpha value is -2.96. The van der Waals surface area contributed by atoms with Crippen molar-refractivity contribution in [1.29, 1.82) is 0 Å². The van der Waals surface area contributed by atoms with Gasteiger partial charge in [-0.05, 0) is 70.1 Å². The van der Waals surface area contributed by atoms with Crippen LogP contribution in [0.4, 0.5) is 0 Å². The maximum atomic E-state index is 12.6. The van der Waals surface area contributed by atoms with Gasteiger partial charge in [0.05, 0.1) is 25.4 Å². The van der Waals surface area contributed by atoms with Gasteiger partial charge in [0.1, 0.15) is 12.4 Å². The monoisotopic (exact) mass is 835 g/mol. The lowest BCUT2D eigenvalue weighted by molar-refractivity contribution is -0.161. The van der Waals surface area contributed by atoms with Gasteiger partial charge in [0.2, 0.25) is 0 Å². The summed E-state index contributed by atoms with van der Waals surface area (Å²) in [7, 11) is -4.46. The van der Waals surface area contributed by atoms with E-state index in [4.69, 9.17) is 24.3 Å². The molecule has 0 spiro atoms. The van der Waals surface area contributed by atoms with Crippen molar-refractivity contribution in [3.63, 3.8) is 0 Å². The molecule has 1 aliphatic rings. The van der Waals surface area contributed by atoms with Crippen LogP contribution in [0.15, 0.2) is 72.9 Å². The molecule has 0 aromatic heterocycles. The minimum atomic E-state index is -4.46. The molecule has 6 atom stereocenters. The summed E-state index contributed by atoms with van der Waals surface area (Å²) in [5.41, 5.74) is 5.34. The average Bonchev–Trinajstić information content (AvgIpc) is 3.47. The molecule has 330 valence electrons. The molecule has 1 fully saturated rings.